The van der Waals surface area contributed by atoms with Gasteiger partial charge in [-0.1, -0.05) is 34.1 Å². The number of aliphatic hydroxyl groups is 1. The summed E-state index contributed by atoms with van der Waals surface area (Å²) in [4.78, 5) is 0. The van der Waals surface area contributed by atoms with Gasteiger partial charge >= 0.3 is 0 Å². The third-order valence-corrected chi connectivity index (χ3v) is 4.37. The monoisotopic (exact) mass is 320 g/mol. The van der Waals surface area contributed by atoms with Crippen LogP contribution in [0.15, 0.2) is 28.7 Å². The lowest BCUT2D eigenvalue weighted by atomic mass is 9.98. The maximum Gasteiger partial charge on any atom is 0.147 e. The highest BCUT2D eigenvalue weighted by Gasteiger charge is 2.13. The number of aliphatic hydroxyl groups excluding tert-OH is 1. The molecule has 0 fully saturated rings. The SMILES string of the molecule is CS(=O)(=O)CCC(CO)Cc1ccccc1Br. The zero-order valence-electron chi connectivity index (χ0n) is 9.77. The molecule has 96 valence electrons. The summed E-state index contributed by atoms with van der Waals surface area (Å²) >= 11 is 3.44. The van der Waals surface area contributed by atoms with E-state index in [2.05, 4.69) is 15.9 Å². The maximum atomic E-state index is 11.1. The van der Waals surface area contributed by atoms with Crippen LogP contribution >= 0.6 is 15.9 Å². The molecule has 1 aromatic carbocycles. The molecule has 17 heavy (non-hydrogen) atoms. The normalized spacial score (nSPS) is 13.6. The Kier molecular flexibility index (Phi) is 5.62. The Hall–Kier alpha value is -0.390. The number of sulfone groups is 1. The highest BCUT2D eigenvalue weighted by atomic mass is 79.9. The van der Waals surface area contributed by atoms with Crippen molar-refractivity contribution in [3.05, 3.63) is 34.3 Å². The Labute approximate surface area is 111 Å². The summed E-state index contributed by atoms with van der Waals surface area (Å²) in [6, 6.07) is 7.79. The molecule has 0 bridgehead atoms. The second-order valence-electron chi connectivity index (χ2n) is 4.26. The summed E-state index contributed by atoms with van der Waals surface area (Å²) in [5.74, 6) is 0.117. The van der Waals surface area contributed by atoms with Crippen LogP contribution in [0.4, 0.5) is 0 Å². The van der Waals surface area contributed by atoms with Gasteiger partial charge in [-0.3, -0.25) is 0 Å². The molecule has 3 nitrogen and oxygen atoms in total. The van der Waals surface area contributed by atoms with Crippen molar-refractivity contribution >= 4 is 25.8 Å². The van der Waals surface area contributed by atoms with E-state index < -0.39 is 9.84 Å². The van der Waals surface area contributed by atoms with E-state index in [0.717, 1.165) is 10.0 Å². The number of hydrogen-bond acceptors (Lipinski definition) is 3. The average molecular weight is 321 g/mol. The van der Waals surface area contributed by atoms with Crippen molar-refractivity contribution in [3.63, 3.8) is 0 Å². The van der Waals surface area contributed by atoms with E-state index >= 15 is 0 Å². The van der Waals surface area contributed by atoms with E-state index in [0.29, 0.717) is 12.8 Å². The Morgan fingerprint density at radius 3 is 2.53 bits per heavy atom. The van der Waals surface area contributed by atoms with Crippen LogP contribution in [-0.4, -0.2) is 32.1 Å². The number of halogens is 1. The topological polar surface area (TPSA) is 54.4 Å². The highest BCUT2D eigenvalue weighted by Crippen LogP contribution is 2.21. The van der Waals surface area contributed by atoms with Gasteiger partial charge in [-0.05, 0) is 30.4 Å². The van der Waals surface area contributed by atoms with Crippen LogP contribution in [0.3, 0.4) is 0 Å². The molecule has 5 heteroatoms. The first-order valence-electron chi connectivity index (χ1n) is 5.44. The van der Waals surface area contributed by atoms with Crippen molar-refractivity contribution in [3.8, 4) is 0 Å². The van der Waals surface area contributed by atoms with Crippen LogP contribution in [0, 0.1) is 5.92 Å². The van der Waals surface area contributed by atoms with Gasteiger partial charge in [0.1, 0.15) is 9.84 Å². The predicted molar refractivity (Wildman–Crippen MR) is 72.7 cm³/mol. The van der Waals surface area contributed by atoms with E-state index in [4.69, 9.17) is 0 Å². The van der Waals surface area contributed by atoms with Gasteiger partial charge in [0.15, 0.2) is 0 Å². The van der Waals surface area contributed by atoms with Gasteiger partial charge in [-0.25, -0.2) is 8.42 Å². The maximum absolute atomic E-state index is 11.1. The zero-order valence-corrected chi connectivity index (χ0v) is 12.2. The summed E-state index contributed by atoms with van der Waals surface area (Å²) < 4.78 is 23.2. The van der Waals surface area contributed by atoms with Gasteiger partial charge in [0.2, 0.25) is 0 Å². The first kappa shape index (κ1) is 14.7. The molecule has 0 saturated carbocycles. The smallest absolute Gasteiger partial charge is 0.147 e. The van der Waals surface area contributed by atoms with Crippen molar-refractivity contribution in [1.82, 2.24) is 0 Å². The summed E-state index contributed by atoms with van der Waals surface area (Å²) in [6.45, 7) is 0.0108. The van der Waals surface area contributed by atoms with Gasteiger partial charge < -0.3 is 5.11 Å². The first-order valence-corrected chi connectivity index (χ1v) is 8.29. The van der Waals surface area contributed by atoms with E-state index in [1.807, 2.05) is 24.3 Å². The molecule has 0 aliphatic rings. The van der Waals surface area contributed by atoms with Crippen LogP contribution in [0.2, 0.25) is 0 Å². The van der Waals surface area contributed by atoms with E-state index in [-0.39, 0.29) is 18.3 Å². The fourth-order valence-electron chi connectivity index (χ4n) is 1.61. The standard InChI is InChI=1S/C12H17BrO3S/c1-17(15,16)7-6-10(9-14)8-11-4-2-3-5-12(11)13/h2-5,10,14H,6-9H2,1H3. The molecule has 1 aromatic rings. The van der Waals surface area contributed by atoms with Crippen LogP contribution in [-0.2, 0) is 16.3 Å². The minimum Gasteiger partial charge on any atom is -0.396 e. The summed E-state index contributed by atoms with van der Waals surface area (Å²) in [5, 5.41) is 9.26. The zero-order chi connectivity index (χ0) is 12.9. The van der Waals surface area contributed by atoms with Crippen molar-refractivity contribution in [2.24, 2.45) is 5.92 Å². The third kappa shape index (κ3) is 5.66. The third-order valence-electron chi connectivity index (χ3n) is 2.62. The first-order chi connectivity index (χ1) is 7.92. The number of hydrogen-bond donors (Lipinski definition) is 1. The second-order valence-corrected chi connectivity index (χ2v) is 7.38. The Morgan fingerprint density at radius 1 is 1.35 bits per heavy atom. The van der Waals surface area contributed by atoms with Gasteiger partial charge in [0.25, 0.3) is 0 Å². The van der Waals surface area contributed by atoms with Crippen molar-refractivity contribution in [2.75, 3.05) is 18.6 Å². The Balaban J connectivity index is 2.61. The lowest BCUT2D eigenvalue weighted by molar-refractivity contribution is 0.222. The molecule has 1 atom stereocenters. The average Bonchev–Trinajstić information content (AvgIpc) is 2.25. The molecule has 1 rings (SSSR count). The molecule has 0 aliphatic heterocycles. The molecular formula is C12H17BrO3S. The summed E-state index contributed by atoms with van der Waals surface area (Å²) in [6.07, 6.45) is 2.41. The highest BCUT2D eigenvalue weighted by molar-refractivity contribution is 9.10. The van der Waals surface area contributed by atoms with E-state index in [1.165, 1.54) is 6.26 Å². The minimum atomic E-state index is -2.95. The van der Waals surface area contributed by atoms with Crippen molar-refractivity contribution in [2.45, 2.75) is 12.8 Å². The van der Waals surface area contributed by atoms with E-state index in [9.17, 15) is 13.5 Å². The molecule has 0 amide bonds. The van der Waals surface area contributed by atoms with Gasteiger partial charge in [0.05, 0.1) is 5.75 Å². The Bertz CT molecular complexity index is 457. The van der Waals surface area contributed by atoms with Gasteiger partial charge in [-0.2, -0.15) is 0 Å². The second kappa shape index (κ2) is 6.52. The van der Waals surface area contributed by atoms with Crippen LogP contribution in [0.25, 0.3) is 0 Å². The van der Waals surface area contributed by atoms with Crippen LogP contribution < -0.4 is 0 Å². The largest absolute Gasteiger partial charge is 0.396 e. The molecule has 0 heterocycles. The fraction of sp³-hybridized carbons (Fsp3) is 0.500. The van der Waals surface area contributed by atoms with Crippen LogP contribution in [0.5, 0.6) is 0 Å². The number of benzene rings is 1. The summed E-state index contributed by atoms with van der Waals surface area (Å²) in [7, 11) is -2.95. The minimum absolute atomic E-state index is 0.0107. The quantitative estimate of drug-likeness (QED) is 0.872. The lowest BCUT2D eigenvalue weighted by Gasteiger charge is -2.14. The molecule has 0 aliphatic carbocycles. The van der Waals surface area contributed by atoms with Gasteiger partial charge in [0, 0.05) is 17.3 Å². The van der Waals surface area contributed by atoms with Crippen molar-refractivity contribution < 1.29 is 13.5 Å². The molecule has 1 unspecified atom stereocenters. The van der Waals surface area contributed by atoms with Gasteiger partial charge in [-0.15, -0.1) is 0 Å². The molecule has 0 aromatic heterocycles. The number of rotatable bonds is 6. The lowest BCUT2D eigenvalue weighted by Crippen LogP contribution is -2.15. The molecule has 0 saturated heterocycles. The Morgan fingerprint density at radius 2 is 2.00 bits per heavy atom. The molecule has 1 N–H and O–H groups in total. The fourth-order valence-corrected chi connectivity index (χ4v) is 2.82. The molecule has 0 spiro atoms. The summed E-state index contributed by atoms with van der Waals surface area (Å²) in [5.41, 5.74) is 1.10. The van der Waals surface area contributed by atoms with Crippen molar-refractivity contribution in [1.29, 1.82) is 0 Å². The van der Waals surface area contributed by atoms with Crippen LogP contribution in [0.1, 0.15) is 12.0 Å². The predicted octanol–water partition coefficient (Wildman–Crippen LogP) is 2.03. The van der Waals surface area contributed by atoms with E-state index in [1.54, 1.807) is 0 Å². The molecule has 0 radical (unpaired) electrons. The molecular weight excluding hydrogens is 304 g/mol.